The molecule has 1 aliphatic carbocycles. The summed E-state index contributed by atoms with van der Waals surface area (Å²) in [4.78, 5) is 14.5. The van der Waals surface area contributed by atoms with Crippen molar-refractivity contribution in [3.05, 3.63) is 71.3 Å². The zero-order valence-corrected chi connectivity index (χ0v) is 22.0. The molecule has 1 amide bonds. The first-order valence-corrected chi connectivity index (χ1v) is 13.2. The normalized spacial score (nSPS) is 14.5. The van der Waals surface area contributed by atoms with Gasteiger partial charge in [0, 0.05) is 12.5 Å². The highest BCUT2D eigenvalue weighted by Crippen LogP contribution is 2.29. The average molecular weight is 487 g/mol. The van der Waals surface area contributed by atoms with E-state index in [0.29, 0.717) is 12.5 Å². The molecular formula is C30H44F2N2O. The Labute approximate surface area is 211 Å². The first kappa shape index (κ1) is 29.0. The van der Waals surface area contributed by atoms with E-state index in [2.05, 4.69) is 19.2 Å². The van der Waals surface area contributed by atoms with Gasteiger partial charge in [0.25, 0.3) is 0 Å². The smallest absolute Gasteiger partial charge is 0.237 e. The van der Waals surface area contributed by atoms with E-state index in [-0.39, 0.29) is 29.5 Å². The number of likely N-dealkylation sites (N-methyl/N-ethyl adjacent to an activating group) is 1. The average Bonchev–Trinajstić information content (AvgIpc) is 2.85. The molecule has 2 aromatic carbocycles. The highest BCUT2D eigenvalue weighted by atomic mass is 19.1. The molecular weight excluding hydrogens is 442 g/mol. The summed E-state index contributed by atoms with van der Waals surface area (Å²) in [5.74, 6) is -0.0517. The molecule has 0 spiro atoms. The predicted molar refractivity (Wildman–Crippen MR) is 142 cm³/mol. The van der Waals surface area contributed by atoms with Gasteiger partial charge in [-0.3, -0.25) is 9.69 Å². The zero-order chi connectivity index (χ0) is 25.6. The fourth-order valence-corrected chi connectivity index (χ4v) is 4.61. The van der Waals surface area contributed by atoms with Crippen LogP contribution in [0.1, 0.15) is 88.7 Å². The van der Waals surface area contributed by atoms with Gasteiger partial charge in [-0.1, -0.05) is 76.6 Å². The number of rotatable bonds is 10. The maximum absolute atomic E-state index is 13.3. The second-order valence-corrected chi connectivity index (χ2v) is 10.3. The van der Waals surface area contributed by atoms with Gasteiger partial charge in [-0.25, -0.2) is 8.78 Å². The van der Waals surface area contributed by atoms with Crippen molar-refractivity contribution in [2.24, 2.45) is 5.92 Å². The molecule has 0 radical (unpaired) electrons. The lowest BCUT2D eigenvalue weighted by molar-refractivity contribution is -0.126. The summed E-state index contributed by atoms with van der Waals surface area (Å²) in [7, 11) is 3.84. The standard InChI is InChI=1S/C24H32F2N2O.C6H12/c1-17(2)16-23(28(3)4)24(29)27-15-5-6-22(18-7-11-20(25)12-8-18)19-9-13-21(26)14-10-19;1-2-4-6-5-3-1/h7-14,17,22-23H,5-6,15-16H2,1-4H3,(H,27,29);1-6H2/t23-;/m0./s1. The molecule has 3 rings (SSSR count). The van der Waals surface area contributed by atoms with Crippen LogP contribution in [0.3, 0.4) is 0 Å². The summed E-state index contributed by atoms with van der Waals surface area (Å²) in [5, 5.41) is 3.05. The summed E-state index contributed by atoms with van der Waals surface area (Å²) in [5.41, 5.74) is 1.96. The molecule has 1 aliphatic rings. The van der Waals surface area contributed by atoms with Gasteiger partial charge in [-0.2, -0.15) is 0 Å². The molecule has 2 aromatic rings. The Kier molecular flexibility index (Phi) is 13.0. The molecule has 1 saturated carbocycles. The quantitative estimate of drug-likeness (QED) is 0.357. The van der Waals surface area contributed by atoms with Crippen molar-refractivity contribution in [1.29, 1.82) is 0 Å². The molecule has 0 bridgehead atoms. The lowest BCUT2D eigenvalue weighted by atomic mass is 9.87. The van der Waals surface area contributed by atoms with Crippen molar-refractivity contribution in [3.63, 3.8) is 0 Å². The Morgan fingerprint density at radius 2 is 1.26 bits per heavy atom. The fourth-order valence-electron chi connectivity index (χ4n) is 4.61. The summed E-state index contributed by atoms with van der Waals surface area (Å²) in [6.45, 7) is 4.79. The van der Waals surface area contributed by atoms with E-state index in [9.17, 15) is 13.6 Å². The molecule has 1 fully saturated rings. The van der Waals surface area contributed by atoms with Gasteiger partial charge in [0.15, 0.2) is 0 Å². The Balaban J connectivity index is 0.000000625. The van der Waals surface area contributed by atoms with E-state index in [1.54, 1.807) is 24.3 Å². The molecule has 0 heterocycles. The van der Waals surface area contributed by atoms with Crippen LogP contribution < -0.4 is 5.32 Å². The van der Waals surface area contributed by atoms with E-state index in [0.717, 1.165) is 30.4 Å². The van der Waals surface area contributed by atoms with Crippen LogP contribution in [0.2, 0.25) is 0 Å². The molecule has 0 aromatic heterocycles. The zero-order valence-electron chi connectivity index (χ0n) is 22.0. The number of nitrogens with zero attached hydrogens (tertiary/aromatic N) is 1. The second kappa shape index (κ2) is 15.7. The van der Waals surface area contributed by atoms with Crippen LogP contribution in [-0.4, -0.2) is 37.5 Å². The van der Waals surface area contributed by atoms with Crippen LogP contribution in [0.25, 0.3) is 0 Å². The predicted octanol–water partition coefficient (Wildman–Crippen LogP) is 7.31. The Morgan fingerprint density at radius 1 is 0.829 bits per heavy atom. The Morgan fingerprint density at radius 3 is 1.63 bits per heavy atom. The van der Waals surface area contributed by atoms with Crippen LogP contribution in [0.4, 0.5) is 8.78 Å². The number of benzene rings is 2. The molecule has 5 heteroatoms. The third-order valence-electron chi connectivity index (χ3n) is 6.63. The summed E-state index contributed by atoms with van der Waals surface area (Å²) >= 11 is 0. The molecule has 194 valence electrons. The highest BCUT2D eigenvalue weighted by molar-refractivity contribution is 5.81. The minimum Gasteiger partial charge on any atom is -0.355 e. The molecule has 0 saturated heterocycles. The van der Waals surface area contributed by atoms with Gasteiger partial charge in [0.1, 0.15) is 11.6 Å². The van der Waals surface area contributed by atoms with Crippen molar-refractivity contribution >= 4 is 5.91 Å². The van der Waals surface area contributed by atoms with Crippen molar-refractivity contribution < 1.29 is 13.6 Å². The number of amides is 1. The van der Waals surface area contributed by atoms with E-state index >= 15 is 0 Å². The lowest BCUT2D eigenvalue weighted by Crippen LogP contribution is -2.44. The van der Waals surface area contributed by atoms with E-state index in [4.69, 9.17) is 0 Å². The number of carbonyl (C=O) groups excluding carboxylic acids is 1. The van der Waals surface area contributed by atoms with Crippen molar-refractivity contribution in [3.8, 4) is 0 Å². The molecule has 35 heavy (non-hydrogen) atoms. The largest absolute Gasteiger partial charge is 0.355 e. The molecule has 0 aliphatic heterocycles. The summed E-state index contributed by atoms with van der Waals surface area (Å²) < 4.78 is 26.7. The maximum atomic E-state index is 13.3. The second-order valence-electron chi connectivity index (χ2n) is 10.3. The Bertz CT molecular complexity index is 789. The third-order valence-corrected chi connectivity index (χ3v) is 6.63. The number of hydrogen-bond acceptors (Lipinski definition) is 2. The van der Waals surface area contributed by atoms with Gasteiger partial charge >= 0.3 is 0 Å². The van der Waals surface area contributed by atoms with Crippen LogP contribution >= 0.6 is 0 Å². The number of hydrogen-bond donors (Lipinski definition) is 1. The highest BCUT2D eigenvalue weighted by Gasteiger charge is 2.21. The maximum Gasteiger partial charge on any atom is 0.237 e. The monoisotopic (exact) mass is 486 g/mol. The van der Waals surface area contributed by atoms with E-state index in [1.807, 2.05) is 19.0 Å². The molecule has 0 unspecified atom stereocenters. The van der Waals surface area contributed by atoms with Gasteiger partial charge in [-0.05, 0) is 74.7 Å². The third kappa shape index (κ3) is 10.9. The van der Waals surface area contributed by atoms with Crippen LogP contribution in [0.5, 0.6) is 0 Å². The van der Waals surface area contributed by atoms with Crippen LogP contribution in [-0.2, 0) is 4.79 Å². The van der Waals surface area contributed by atoms with E-state index in [1.165, 1.54) is 62.8 Å². The van der Waals surface area contributed by atoms with Gasteiger partial charge in [0.2, 0.25) is 5.91 Å². The van der Waals surface area contributed by atoms with Crippen molar-refractivity contribution in [2.75, 3.05) is 20.6 Å². The minimum atomic E-state index is -0.279. The molecule has 1 atom stereocenters. The van der Waals surface area contributed by atoms with Crippen LogP contribution in [0.15, 0.2) is 48.5 Å². The van der Waals surface area contributed by atoms with Crippen molar-refractivity contribution in [1.82, 2.24) is 10.2 Å². The Hall–Kier alpha value is -2.27. The summed E-state index contributed by atoms with van der Waals surface area (Å²) in [6, 6.07) is 12.7. The first-order valence-electron chi connectivity index (χ1n) is 13.2. The molecule has 1 N–H and O–H groups in total. The van der Waals surface area contributed by atoms with Crippen LogP contribution in [0, 0.1) is 17.6 Å². The minimum absolute atomic E-state index is 0.0217. The van der Waals surface area contributed by atoms with Gasteiger partial charge < -0.3 is 5.32 Å². The molecule has 3 nitrogen and oxygen atoms in total. The van der Waals surface area contributed by atoms with Gasteiger partial charge in [0.05, 0.1) is 6.04 Å². The number of halogens is 2. The number of nitrogens with one attached hydrogen (secondary N) is 1. The summed E-state index contributed by atoms with van der Waals surface area (Å²) in [6.07, 6.45) is 11.4. The van der Waals surface area contributed by atoms with Crippen molar-refractivity contribution in [2.45, 2.75) is 83.6 Å². The fraction of sp³-hybridized carbons (Fsp3) is 0.567. The van der Waals surface area contributed by atoms with Gasteiger partial charge in [-0.15, -0.1) is 0 Å². The number of carbonyl (C=O) groups is 1. The topological polar surface area (TPSA) is 32.3 Å². The SMILES string of the molecule is C1CCCCC1.CC(C)C[C@@H](C(=O)NCCCC(c1ccc(F)cc1)c1ccc(F)cc1)N(C)C. The lowest BCUT2D eigenvalue weighted by Gasteiger charge is -2.25. The van der Waals surface area contributed by atoms with E-state index < -0.39 is 0 Å². The first-order chi connectivity index (χ1) is 16.8.